The van der Waals surface area contributed by atoms with Gasteiger partial charge in [-0.1, -0.05) is 30.3 Å². The number of benzene rings is 1. The fraction of sp³-hybridized carbons (Fsp3) is 0.154. The minimum Gasteiger partial charge on any atom is -0.269 e. The second-order valence-corrected chi connectivity index (χ2v) is 4.02. The maximum Gasteiger partial charge on any atom is 0.163 e. The van der Waals surface area contributed by atoms with E-state index in [1.807, 2.05) is 35.6 Å². The molecular formula is C13H12N4. The summed E-state index contributed by atoms with van der Waals surface area (Å²) >= 11 is 0. The van der Waals surface area contributed by atoms with Crippen molar-refractivity contribution in [3.63, 3.8) is 0 Å². The summed E-state index contributed by atoms with van der Waals surface area (Å²) in [5.41, 5.74) is 3.13. The lowest BCUT2D eigenvalue weighted by Gasteiger charge is -2.04. The third-order valence-electron chi connectivity index (χ3n) is 2.75. The van der Waals surface area contributed by atoms with Crippen molar-refractivity contribution in [2.75, 3.05) is 0 Å². The molecule has 0 amide bonds. The van der Waals surface area contributed by atoms with Gasteiger partial charge in [0.1, 0.15) is 12.2 Å². The molecule has 4 nitrogen and oxygen atoms in total. The van der Waals surface area contributed by atoms with Crippen LogP contribution < -0.4 is 0 Å². The van der Waals surface area contributed by atoms with Gasteiger partial charge in [-0.25, -0.2) is 4.98 Å². The molecule has 3 aromatic rings. The second kappa shape index (κ2) is 3.97. The van der Waals surface area contributed by atoms with Crippen LogP contribution in [0, 0.1) is 6.92 Å². The Morgan fingerprint density at radius 2 is 2.00 bits per heavy atom. The summed E-state index contributed by atoms with van der Waals surface area (Å²) in [5.74, 6) is 0.915. The summed E-state index contributed by atoms with van der Waals surface area (Å²) < 4.78 is 1.88. The van der Waals surface area contributed by atoms with Crippen LogP contribution in [0.25, 0.3) is 5.65 Å². The molecule has 2 heterocycles. The predicted molar refractivity (Wildman–Crippen MR) is 64.8 cm³/mol. The normalized spacial score (nSPS) is 10.9. The quantitative estimate of drug-likeness (QED) is 0.669. The van der Waals surface area contributed by atoms with Crippen LogP contribution in [0.15, 0.2) is 42.7 Å². The zero-order valence-electron chi connectivity index (χ0n) is 9.54. The molecule has 0 aliphatic rings. The summed E-state index contributed by atoms with van der Waals surface area (Å²) in [5, 5.41) is 7.94. The molecule has 0 radical (unpaired) electrons. The smallest absolute Gasteiger partial charge is 0.163 e. The molecule has 17 heavy (non-hydrogen) atoms. The largest absolute Gasteiger partial charge is 0.269 e. The van der Waals surface area contributed by atoms with Gasteiger partial charge < -0.3 is 0 Å². The van der Waals surface area contributed by atoms with Crippen LogP contribution in [0.5, 0.6) is 0 Å². The van der Waals surface area contributed by atoms with E-state index in [-0.39, 0.29) is 0 Å². The minimum atomic E-state index is 0.824. The molecule has 0 atom stereocenters. The molecule has 1 aromatic carbocycles. The van der Waals surface area contributed by atoms with Crippen LogP contribution in [-0.2, 0) is 6.42 Å². The van der Waals surface area contributed by atoms with Crippen molar-refractivity contribution in [3.05, 3.63) is 59.8 Å². The first-order valence-electron chi connectivity index (χ1n) is 5.53. The van der Waals surface area contributed by atoms with Gasteiger partial charge in [0.15, 0.2) is 5.65 Å². The summed E-state index contributed by atoms with van der Waals surface area (Å²) in [4.78, 5) is 4.55. The van der Waals surface area contributed by atoms with E-state index >= 15 is 0 Å². The maximum atomic E-state index is 4.55. The molecule has 0 N–H and O–H groups in total. The Kier molecular flexibility index (Phi) is 2.33. The van der Waals surface area contributed by atoms with Crippen LogP contribution >= 0.6 is 0 Å². The third-order valence-corrected chi connectivity index (χ3v) is 2.75. The Morgan fingerprint density at radius 1 is 1.18 bits per heavy atom. The van der Waals surface area contributed by atoms with E-state index in [1.165, 1.54) is 5.56 Å². The molecule has 0 aliphatic heterocycles. The highest BCUT2D eigenvalue weighted by atomic mass is 15.2. The first-order chi connectivity index (χ1) is 8.33. The zero-order chi connectivity index (χ0) is 11.7. The maximum absolute atomic E-state index is 4.55. The van der Waals surface area contributed by atoms with Gasteiger partial charge in [-0.2, -0.15) is 0 Å². The Bertz CT molecular complexity index is 643. The van der Waals surface area contributed by atoms with E-state index < -0.39 is 0 Å². The van der Waals surface area contributed by atoms with Gasteiger partial charge >= 0.3 is 0 Å². The van der Waals surface area contributed by atoms with Crippen LogP contribution in [0.4, 0.5) is 0 Å². The van der Waals surface area contributed by atoms with E-state index in [1.54, 1.807) is 6.33 Å². The molecule has 84 valence electrons. The average Bonchev–Trinajstić information content (AvgIpc) is 2.79. The summed E-state index contributed by atoms with van der Waals surface area (Å²) in [6.07, 6.45) is 2.51. The third kappa shape index (κ3) is 1.89. The number of aromatic nitrogens is 4. The van der Waals surface area contributed by atoms with Gasteiger partial charge in [-0.3, -0.25) is 4.40 Å². The Morgan fingerprint density at radius 3 is 2.82 bits per heavy atom. The molecule has 4 heteroatoms. The molecule has 0 spiro atoms. The standard InChI is InChI=1S/C13H12N4/c1-10-15-12(7-11-5-3-2-4-6-11)8-13-16-14-9-17(10)13/h2-6,8-9H,7H2,1H3. The predicted octanol–water partition coefficient (Wildman–Crippen LogP) is 2.02. The number of nitrogens with zero attached hydrogens (tertiary/aromatic N) is 4. The lowest BCUT2D eigenvalue weighted by atomic mass is 10.1. The van der Waals surface area contributed by atoms with Gasteiger partial charge in [-0.15, -0.1) is 10.2 Å². The second-order valence-electron chi connectivity index (χ2n) is 4.02. The van der Waals surface area contributed by atoms with Crippen LogP contribution in [0.3, 0.4) is 0 Å². The van der Waals surface area contributed by atoms with Gasteiger partial charge in [0.25, 0.3) is 0 Å². The molecule has 3 rings (SSSR count). The summed E-state index contributed by atoms with van der Waals surface area (Å²) in [7, 11) is 0. The Labute approximate surface area is 99.0 Å². The molecular weight excluding hydrogens is 212 g/mol. The highest BCUT2D eigenvalue weighted by Crippen LogP contribution is 2.10. The zero-order valence-corrected chi connectivity index (χ0v) is 9.54. The van der Waals surface area contributed by atoms with E-state index in [0.717, 1.165) is 23.6 Å². The van der Waals surface area contributed by atoms with Crippen molar-refractivity contribution in [2.24, 2.45) is 0 Å². The monoisotopic (exact) mass is 224 g/mol. The molecule has 0 saturated heterocycles. The van der Waals surface area contributed by atoms with Crippen molar-refractivity contribution < 1.29 is 0 Å². The van der Waals surface area contributed by atoms with E-state index in [2.05, 4.69) is 27.3 Å². The van der Waals surface area contributed by atoms with Crippen LogP contribution in [0.2, 0.25) is 0 Å². The number of aryl methyl sites for hydroxylation is 1. The molecule has 0 unspecified atom stereocenters. The van der Waals surface area contributed by atoms with Crippen molar-refractivity contribution in [1.29, 1.82) is 0 Å². The van der Waals surface area contributed by atoms with Crippen molar-refractivity contribution >= 4 is 5.65 Å². The van der Waals surface area contributed by atoms with Crippen LogP contribution in [0.1, 0.15) is 17.1 Å². The van der Waals surface area contributed by atoms with E-state index in [9.17, 15) is 0 Å². The van der Waals surface area contributed by atoms with E-state index in [0.29, 0.717) is 0 Å². The number of fused-ring (bicyclic) bond motifs is 1. The van der Waals surface area contributed by atoms with Gasteiger partial charge in [0.05, 0.1) is 5.69 Å². The van der Waals surface area contributed by atoms with Gasteiger partial charge in [-0.05, 0) is 12.5 Å². The average molecular weight is 224 g/mol. The summed E-state index contributed by atoms with van der Waals surface area (Å²) in [6, 6.07) is 12.3. The lowest BCUT2D eigenvalue weighted by molar-refractivity contribution is 0.930. The number of hydrogen-bond donors (Lipinski definition) is 0. The highest BCUT2D eigenvalue weighted by molar-refractivity contribution is 5.39. The van der Waals surface area contributed by atoms with Crippen molar-refractivity contribution in [1.82, 2.24) is 19.6 Å². The first kappa shape index (κ1) is 9.96. The Hall–Kier alpha value is -2.23. The van der Waals surface area contributed by atoms with Gasteiger partial charge in [0, 0.05) is 12.5 Å². The number of hydrogen-bond acceptors (Lipinski definition) is 3. The fourth-order valence-corrected chi connectivity index (χ4v) is 1.93. The molecule has 0 saturated carbocycles. The van der Waals surface area contributed by atoms with Crippen LogP contribution in [-0.4, -0.2) is 19.6 Å². The topological polar surface area (TPSA) is 43.1 Å². The van der Waals surface area contributed by atoms with Crippen molar-refractivity contribution in [2.45, 2.75) is 13.3 Å². The molecule has 2 aromatic heterocycles. The van der Waals surface area contributed by atoms with Gasteiger partial charge in [0.2, 0.25) is 0 Å². The molecule has 0 fully saturated rings. The SMILES string of the molecule is Cc1nc(Cc2ccccc2)cc2nncn12. The number of rotatable bonds is 2. The van der Waals surface area contributed by atoms with Crippen molar-refractivity contribution in [3.8, 4) is 0 Å². The minimum absolute atomic E-state index is 0.824. The molecule has 0 bridgehead atoms. The van der Waals surface area contributed by atoms with E-state index in [4.69, 9.17) is 0 Å². The Balaban J connectivity index is 2.01. The summed E-state index contributed by atoms with van der Waals surface area (Å²) in [6.45, 7) is 1.96. The first-order valence-corrected chi connectivity index (χ1v) is 5.53. The highest BCUT2D eigenvalue weighted by Gasteiger charge is 2.04. The lowest BCUT2D eigenvalue weighted by Crippen LogP contribution is -2.00. The molecule has 0 aliphatic carbocycles. The fourth-order valence-electron chi connectivity index (χ4n) is 1.93.